The van der Waals surface area contributed by atoms with E-state index in [1.54, 1.807) is 41.2 Å². The van der Waals surface area contributed by atoms with Crippen molar-refractivity contribution in [2.24, 2.45) is 0 Å². The number of benzene rings is 2. The molecule has 0 spiro atoms. The van der Waals surface area contributed by atoms with Crippen molar-refractivity contribution >= 4 is 23.2 Å². The van der Waals surface area contributed by atoms with Gasteiger partial charge in [-0.15, -0.1) is 0 Å². The molecular formula is C23H20N6O4. The summed E-state index contributed by atoms with van der Waals surface area (Å²) < 4.78 is 12.3. The number of carbonyl (C=O) groups is 2. The molecule has 0 fully saturated rings. The van der Waals surface area contributed by atoms with Crippen LogP contribution in [0.3, 0.4) is 0 Å². The first kappa shape index (κ1) is 20.3. The second kappa shape index (κ2) is 8.50. The van der Waals surface area contributed by atoms with E-state index >= 15 is 0 Å². The minimum absolute atomic E-state index is 0.115. The molecule has 1 aliphatic rings. The van der Waals surface area contributed by atoms with Gasteiger partial charge in [0.2, 0.25) is 6.79 Å². The van der Waals surface area contributed by atoms with Gasteiger partial charge in [0, 0.05) is 24.0 Å². The molecule has 0 saturated heterocycles. The van der Waals surface area contributed by atoms with E-state index in [9.17, 15) is 9.59 Å². The van der Waals surface area contributed by atoms with Crippen LogP contribution in [0.25, 0.3) is 11.3 Å². The molecule has 2 amide bonds. The monoisotopic (exact) mass is 444 g/mol. The molecule has 10 heteroatoms. The Morgan fingerprint density at radius 2 is 1.85 bits per heavy atom. The molecule has 3 N–H and O–H groups in total. The number of hydrogen-bond donors (Lipinski definition) is 3. The molecule has 0 bridgehead atoms. The van der Waals surface area contributed by atoms with E-state index in [1.165, 1.54) is 0 Å². The summed E-state index contributed by atoms with van der Waals surface area (Å²) >= 11 is 0. The Hall–Kier alpha value is -4.60. The van der Waals surface area contributed by atoms with Crippen LogP contribution in [0.1, 0.15) is 27.9 Å². The third kappa shape index (κ3) is 4.13. The minimum Gasteiger partial charge on any atom is -0.454 e. The van der Waals surface area contributed by atoms with E-state index in [0.29, 0.717) is 35.1 Å². The lowest BCUT2D eigenvalue weighted by Crippen LogP contribution is -2.18. The summed E-state index contributed by atoms with van der Waals surface area (Å²) in [5.41, 5.74) is 2.63. The molecule has 0 saturated carbocycles. The normalized spacial score (nSPS) is 11.9. The number of para-hydroxylation sites is 1. The van der Waals surface area contributed by atoms with Gasteiger partial charge in [0.1, 0.15) is 5.69 Å². The Morgan fingerprint density at radius 3 is 2.67 bits per heavy atom. The lowest BCUT2D eigenvalue weighted by Gasteiger charge is -2.05. The maximum atomic E-state index is 12.9. The van der Waals surface area contributed by atoms with Crippen LogP contribution in [0.15, 0.2) is 60.8 Å². The van der Waals surface area contributed by atoms with Crippen molar-refractivity contribution in [3.05, 3.63) is 72.2 Å². The summed E-state index contributed by atoms with van der Waals surface area (Å²) in [6.07, 6.45) is 1.62. The quantitative estimate of drug-likeness (QED) is 0.418. The van der Waals surface area contributed by atoms with Crippen LogP contribution in [-0.4, -0.2) is 38.6 Å². The number of aromatic nitrogens is 4. The Morgan fingerprint density at radius 1 is 1.03 bits per heavy atom. The summed E-state index contributed by atoms with van der Waals surface area (Å²) in [7, 11) is 0. The zero-order valence-electron chi connectivity index (χ0n) is 17.7. The molecule has 3 heterocycles. The zero-order chi connectivity index (χ0) is 22.8. The van der Waals surface area contributed by atoms with Gasteiger partial charge in [-0.2, -0.15) is 10.2 Å². The van der Waals surface area contributed by atoms with Gasteiger partial charge < -0.3 is 20.1 Å². The Kier molecular flexibility index (Phi) is 5.23. The second-order valence-corrected chi connectivity index (χ2v) is 7.26. The second-order valence-electron chi connectivity index (χ2n) is 7.26. The van der Waals surface area contributed by atoms with Crippen LogP contribution >= 0.6 is 0 Å². The van der Waals surface area contributed by atoms with E-state index in [2.05, 4.69) is 25.9 Å². The molecule has 33 heavy (non-hydrogen) atoms. The first-order chi connectivity index (χ1) is 16.1. The number of aromatic amines is 1. The number of fused-ring (bicyclic) bond motifs is 1. The lowest BCUT2D eigenvalue weighted by atomic mass is 10.1. The van der Waals surface area contributed by atoms with Crippen LogP contribution in [0.5, 0.6) is 11.5 Å². The highest BCUT2D eigenvalue weighted by atomic mass is 16.7. The summed E-state index contributed by atoms with van der Waals surface area (Å²) in [6.45, 7) is 2.61. The number of aryl methyl sites for hydroxylation is 1. The van der Waals surface area contributed by atoms with Gasteiger partial charge in [-0.1, -0.05) is 18.2 Å². The molecule has 0 aliphatic carbocycles. The largest absolute Gasteiger partial charge is 0.454 e. The number of nitrogens with zero attached hydrogens (tertiary/aromatic N) is 3. The van der Waals surface area contributed by atoms with Gasteiger partial charge >= 0.3 is 0 Å². The highest BCUT2D eigenvalue weighted by Crippen LogP contribution is 2.35. The van der Waals surface area contributed by atoms with Crippen LogP contribution in [0.2, 0.25) is 0 Å². The summed E-state index contributed by atoms with van der Waals surface area (Å²) in [5, 5.41) is 16.8. The first-order valence-corrected chi connectivity index (χ1v) is 10.3. The zero-order valence-corrected chi connectivity index (χ0v) is 17.7. The molecule has 10 nitrogen and oxygen atoms in total. The maximum Gasteiger partial charge on any atom is 0.278 e. The van der Waals surface area contributed by atoms with E-state index in [4.69, 9.17) is 9.47 Å². The molecule has 1 aliphatic heterocycles. The van der Waals surface area contributed by atoms with Crippen molar-refractivity contribution < 1.29 is 19.1 Å². The average molecular weight is 444 g/mol. The van der Waals surface area contributed by atoms with Gasteiger partial charge in [-0.05, 0) is 43.3 Å². The minimum atomic E-state index is -0.445. The molecular weight excluding hydrogens is 424 g/mol. The van der Waals surface area contributed by atoms with Crippen molar-refractivity contribution in [3.8, 4) is 22.8 Å². The Labute approximate surface area is 188 Å². The third-order valence-electron chi connectivity index (χ3n) is 5.07. The molecule has 2 aromatic heterocycles. The lowest BCUT2D eigenvalue weighted by molar-refractivity contribution is 0.102. The van der Waals surface area contributed by atoms with Gasteiger partial charge in [0.25, 0.3) is 11.8 Å². The number of hydrogen-bond acceptors (Lipinski definition) is 6. The number of carbonyl (C=O) groups excluding carboxylic acids is 2. The average Bonchev–Trinajstić information content (AvgIpc) is 3.58. The van der Waals surface area contributed by atoms with Crippen molar-refractivity contribution in [1.82, 2.24) is 20.0 Å². The topological polar surface area (TPSA) is 123 Å². The van der Waals surface area contributed by atoms with Gasteiger partial charge in [0.05, 0.1) is 11.4 Å². The van der Waals surface area contributed by atoms with E-state index in [1.807, 2.05) is 31.2 Å². The number of rotatable bonds is 6. The fraction of sp³-hybridized carbons (Fsp3) is 0.130. The summed E-state index contributed by atoms with van der Waals surface area (Å²) in [5.74, 6) is 0.428. The molecule has 5 rings (SSSR count). The van der Waals surface area contributed by atoms with Crippen LogP contribution < -0.4 is 20.1 Å². The highest BCUT2D eigenvalue weighted by Gasteiger charge is 2.21. The molecule has 2 aromatic carbocycles. The number of H-pyrrole nitrogens is 1. The first-order valence-electron chi connectivity index (χ1n) is 10.3. The smallest absolute Gasteiger partial charge is 0.278 e. The van der Waals surface area contributed by atoms with E-state index in [-0.39, 0.29) is 18.2 Å². The third-order valence-corrected chi connectivity index (χ3v) is 5.07. The number of nitrogens with one attached hydrogen (secondary N) is 3. The molecule has 166 valence electrons. The van der Waals surface area contributed by atoms with E-state index in [0.717, 1.165) is 5.56 Å². The SMILES string of the molecule is CCn1cc(NC(=O)c2cc(-c3ccc4c(c3)OCO4)n[nH]2)c(C(=O)Nc2ccccc2)n1. The van der Waals surface area contributed by atoms with Crippen molar-refractivity contribution in [1.29, 1.82) is 0 Å². The molecule has 4 aromatic rings. The fourth-order valence-electron chi connectivity index (χ4n) is 3.39. The Balaban J connectivity index is 1.35. The van der Waals surface area contributed by atoms with Gasteiger partial charge in [-0.25, -0.2) is 0 Å². The van der Waals surface area contributed by atoms with Crippen molar-refractivity contribution in [2.75, 3.05) is 17.4 Å². The standard InChI is InChI=1S/C23H20N6O4/c1-2-29-12-18(21(28-29)23(31)24-15-6-4-3-5-7-15)25-22(30)17-11-16(26-27-17)14-8-9-19-20(10-14)33-13-32-19/h3-12H,2,13H2,1H3,(H,24,31)(H,25,30)(H,26,27). The predicted octanol–water partition coefficient (Wildman–Crippen LogP) is 3.53. The molecule has 0 unspecified atom stereocenters. The van der Waals surface area contributed by atoms with Crippen molar-refractivity contribution in [2.45, 2.75) is 13.5 Å². The van der Waals surface area contributed by atoms with Crippen LogP contribution in [0.4, 0.5) is 11.4 Å². The molecule has 0 atom stereocenters. The summed E-state index contributed by atoms with van der Waals surface area (Å²) in [4.78, 5) is 25.7. The Bertz CT molecular complexity index is 1330. The maximum absolute atomic E-state index is 12.9. The summed E-state index contributed by atoms with van der Waals surface area (Å²) in [6, 6.07) is 16.1. The predicted molar refractivity (Wildman–Crippen MR) is 120 cm³/mol. The highest BCUT2D eigenvalue weighted by molar-refractivity contribution is 6.11. The number of amides is 2. The number of ether oxygens (including phenoxy) is 2. The van der Waals surface area contributed by atoms with Crippen LogP contribution in [-0.2, 0) is 6.54 Å². The number of anilines is 2. The van der Waals surface area contributed by atoms with Crippen molar-refractivity contribution in [3.63, 3.8) is 0 Å². The van der Waals surface area contributed by atoms with Gasteiger partial charge in [0.15, 0.2) is 17.2 Å². The fourth-order valence-corrected chi connectivity index (χ4v) is 3.39. The van der Waals surface area contributed by atoms with Crippen LogP contribution in [0, 0.1) is 0 Å². The molecule has 0 radical (unpaired) electrons. The van der Waals surface area contributed by atoms with Gasteiger partial charge in [-0.3, -0.25) is 19.4 Å². The van der Waals surface area contributed by atoms with E-state index < -0.39 is 11.8 Å².